The van der Waals surface area contributed by atoms with Crippen molar-refractivity contribution in [3.05, 3.63) is 58.3 Å². The van der Waals surface area contributed by atoms with E-state index in [0.29, 0.717) is 0 Å². The van der Waals surface area contributed by atoms with Gasteiger partial charge in [0.2, 0.25) is 0 Å². The smallest absolute Gasteiger partial charge is 0.0712 e. The van der Waals surface area contributed by atoms with Gasteiger partial charge in [0.15, 0.2) is 0 Å². The summed E-state index contributed by atoms with van der Waals surface area (Å²) in [5.74, 6) is 0. The fourth-order valence-electron chi connectivity index (χ4n) is 2.86. The molecule has 2 nitrogen and oxygen atoms in total. The van der Waals surface area contributed by atoms with Crippen LogP contribution in [0.1, 0.15) is 23.3 Å². The van der Waals surface area contributed by atoms with Gasteiger partial charge in [-0.3, -0.25) is 4.90 Å². The molecule has 0 atom stereocenters. The molecule has 0 aliphatic carbocycles. The first kappa shape index (κ1) is 13.8. The molecule has 0 spiro atoms. The number of thiophene rings is 1. The molecule has 1 N–H and O–H groups in total. The minimum absolute atomic E-state index is 0.528. The second-order valence-corrected chi connectivity index (χ2v) is 6.65. The van der Waals surface area contributed by atoms with E-state index in [1.807, 2.05) is 24.3 Å². The number of rotatable bonds is 4. The second kappa shape index (κ2) is 6.08. The minimum Gasteiger partial charge on any atom is -0.389 e. The molecule has 1 saturated heterocycles. The second-order valence-electron chi connectivity index (χ2n) is 5.68. The molecule has 20 heavy (non-hydrogen) atoms. The molecule has 0 bridgehead atoms. The van der Waals surface area contributed by atoms with E-state index in [-0.39, 0.29) is 0 Å². The number of likely N-dealkylation sites (tertiary alicyclic amines) is 1. The third-order valence-electron chi connectivity index (χ3n) is 4.07. The summed E-state index contributed by atoms with van der Waals surface area (Å²) in [5, 5.41) is 13.9. The highest BCUT2D eigenvalue weighted by atomic mass is 32.1. The maximum atomic E-state index is 10.7. The lowest BCUT2D eigenvalue weighted by Crippen LogP contribution is -2.45. The number of benzene rings is 1. The Bertz CT molecular complexity index is 515. The number of aliphatic hydroxyl groups is 1. The zero-order chi connectivity index (χ0) is 13.8. The lowest BCUT2D eigenvalue weighted by atomic mass is 9.85. The molecule has 1 radical (unpaired) electrons. The van der Waals surface area contributed by atoms with Crippen LogP contribution in [0, 0.1) is 5.38 Å². The predicted octanol–water partition coefficient (Wildman–Crippen LogP) is 3.12. The molecule has 3 heteroatoms. The summed E-state index contributed by atoms with van der Waals surface area (Å²) in [7, 11) is 0. The van der Waals surface area contributed by atoms with Crippen LogP contribution in [0.2, 0.25) is 0 Å². The molecule has 2 aromatic rings. The van der Waals surface area contributed by atoms with Crippen LogP contribution in [-0.4, -0.2) is 28.7 Å². The number of nitrogens with zero attached hydrogens (tertiary/aromatic N) is 1. The summed E-state index contributed by atoms with van der Waals surface area (Å²) >= 11 is 1.69. The van der Waals surface area contributed by atoms with E-state index in [0.717, 1.165) is 38.9 Å². The van der Waals surface area contributed by atoms with Gasteiger partial charge in [0.25, 0.3) is 0 Å². The predicted molar refractivity (Wildman–Crippen MR) is 82.8 cm³/mol. The molecule has 2 heterocycles. The molecule has 105 valence electrons. The first-order valence-electron chi connectivity index (χ1n) is 7.17. The molecule has 1 fully saturated rings. The van der Waals surface area contributed by atoms with E-state index in [4.69, 9.17) is 0 Å². The van der Waals surface area contributed by atoms with Crippen LogP contribution in [0.4, 0.5) is 0 Å². The SMILES string of the molecule is OC1(Cc2ccccc2)CCN(Cc2cc[c]s2)CC1. The normalized spacial score (nSPS) is 19.1. The Hall–Kier alpha value is -1.16. The molecule has 1 aliphatic heterocycles. The van der Waals surface area contributed by atoms with Crippen molar-refractivity contribution < 1.29 is 5.11 Å². The van der Waals surface area contributed by atoms with Crippen molar-refractivity contribution >= 4 is 11.3 Å². The summed E-state index contributed by atoms with van der Waals surface area (Å²) in [4.78, 5) is 3.79. The Kier molecular flexibility index (Phi) is 4.20. The Labute approximate surface area is 124 Å². The Morgan fingerprint density at radius 3 is 2.55 bits per heavy atom. The highest BCUT2D eigenvalue weighted by Crippen LogP contribution is 2.27. The van der Waals surface area contributed by atoms with Gasteiger partial charge in [-0.2, -0.15) is 0 Å². The highest BCUT2D eigenvalue weighted by Gasteiger charge is 2.32. The highest BCUT2D eigenvalue weighted by molar-refractivity contribution is 7.09. The van der Waals surface area contributed by atoms with Crippen LogP contribution in [0.3, 0.4) is 0 Å². The molecule has 0 amide bonds. The van der Waals surface area contributed by atoms with Gasteiger partial charge in [0.05, 0.1) is 5.60 Å². The molecular formula is C17H20NOS. The van der Waals surface area contributed by atoms with Crippen molar-refractivity contribution in [3.8, 4) is 0 Å². The number of piperidine rings is 1. The summed E-state index contributed by atoms with van der Waals surface area (Å²) < 4.78 is 0. The van der Waals surface area contributed by atoms with Crippen molar-refractivity contribution in [2.24, 2.45) is 0 Å². The van der Waals surface area contributed by atoms with E-state index in [2.05, 4.69) is 28.5 Å². The van der Waals surface area contributed by atoms with E-state index in [1.165, 1.54) is 10.4 Å². The monoisotopic (exact) mass is 286 g/mol. The summed E-state index contributed by atoms with van der Waals surface area (Å²) in [5.41, 5.74) is 0.704. The van der Waals surface area contributed by atoms with Crippen molar-refractivity contribution in [2.45, 2.75) is 31.4 Å². The van der Waals surface area contributed by atoms with Crippen molar-refractivity contribution in [2.75, 3.05) is 13.1 Å². The van der Waals surface area contributed by atoms with Gasteiger partial charge in [0.1, 0.15) is 0 Å². The third kappa shape index (κ3) is 3.48. The summed E-state index contributed by atoms with van der Waals surface area (Å²) in [6.45, 7) is 2.94. The standard InChI is InChI=1S/C17H20NOS/c19-17(13-15-5-2-1-3-6-15)8-10-18(11-9-17)14-16-7-4-12-20-16/h1-7,19H,8-11,13-14H2. The fraction of sp³-hybridized carbons (Fsp3) is 0.412. The lowest BCUT2D eigenvalue weighted by molar-refractivity contribution is -0.0222. The molecule has 1 aromatic heterocycles. The van der Waals surface area contributed by atoms with Gasteiger partial charge < -0.3 is 5.11 Å². The quantitative estimate of drug-likeness (QED) is 0.933. The average molecular weight is 286 g/mol. The largest absolute Gasteiger partial charge is 0.389 e. The average Bonchev–Trinajstić information content (AvgIpc) is 2.96. The number of hydrogen-bond donors (Lipinski definition) is 1. The lowest BCUT2D eigenvalue weighted by Gasteiger charge is -2.38. The molecule has 3 rings (SSSR count). The third-order valence-corrected chi connectivity index (χ3v) is 4.85. The maximum Gasteiger partial charge on any atom is 0.0712 e. The van der Waals surface area contributed by atoms with E-state index in [1.54, 1.807) is 11.3 Å². The van der Waals surface area contributed by atoms with Crippen LogP contribution in [0.5, 0.6) is 0 Å². The van der Waals surface area contributed by atoms with Gasteiger partial charge in [-0.1, -0.05) is 30.3 Å². The Morgan fingerprint density at radius 2 is 1.90 bits per heavy atom. The zero-order valence-electron chi connectivity index (χ0n) is 11.6. The number of hydrogen-bond acceptors (Lipinski definition) is 3. The van der Waals surface area contributed by atoms with Gasteiger partial charge in [-0.25, -0.2) is 0 Å². The molecule has 1 aromatic carbocycles. The van der Waals surface area contributed by atoms with E-state index in [9.17, 15) is 5.11 Å². The zero-order valence-corrected chi connectivity index (χ0v) is 12.4. The molecular weight excluding hydrogens is 266 g/mol. The minimum atomic E-state index is -0.528. The molecule has 0 unspecified atom stereocenters. The van der Waals surface area contributed by atoms with Gasteiger partial charge in [-0.05, 0) is 30.5 Å². The Balaban J connectivity index is 1.54. The topological polar surface area (TPSA) is 23.5 Å². The molecule has 0 saturated carbocycles. The molecule has 1 aliphatic rings. The van der Waals surface area contributed by atoms with Gasteiger partial charge in [0, 0.05) is 36.3 Å². The maximum absolute atomic E-state index is 10.7. The van der Waals surface area contributed by atoms with Crippen molar-refractivity contribution in [1.29, 1.82) is 0 Å². The van der Waals surface area contributed by atoms with Crippen LogP contribution < -0.4 is 0 Å². The summed E-state index contributed by atoms with van der Waals surface area (Å²) in [6.07, 6.45) is 2.49. The van der Waals surface area contributed by atoms with Crippen LogP contribution in [-0.2, 0) is 13.0 Å². The van der Waals surface area contributed by atoms with E-state index < -0.39 is 5.60 Å². The van der Waals surface area contributed by atoms with Gasteiger partial charge >= 0.3 is 0 Å². The fourth-order valence-corrected chi connectivity index (χ4v) is 3.53. The van der Waals surface area contributed by atoms with Crippen molar-refractivity contribution in [3.63, 3.8) is 0 Å². The van der Waals surface area contributed by atoms with Crippen molar-refractivity contribution in [1.82, 2.24) is 4.90 Å². The first-order valence-corrected chi connectivity index (χ1v) is 7.99. The first-order chi connectivity index (χ1) is 9.73. The van der Waals surface area contributed by atoms with Crippen LogP contribution in [0.15, 0.2) is 42.5 Å². The summed E-state index contributed by atoms with van der Waals surface area (Å²) in [6, 6.07) is 14.4. The van der Waals surface area contributed by atoms with Crippen LogP contribution in [0.25, 0.3) is 0 Å². The van der Waals surface area contributed by atoms with E-state index >= 15 is 0 Å². The Morgan fingerprint density at radius 1 is 1.15 bits per heavy atom. The van der Waals surface area contributed by atoms with Gasteiger partial charge in [-0.15, -0.1) is 11.3 Å². The van der Waals surface area contributed by atoms with Crippen LogP contribution >= 0.6 is 11.3 Å².